The number of thiazole rings is 1. The second kappa shape index (κ2) is 7.90. The standard InChI is InChI=1S/C21H21N5O2S/c27-19-12-17(23-21-26(19)10-11-29-21)13-24-6-8-25(9-7-24)14-18-15-28-20(22-18)16-4-2-1-3-5-16/h1-5,10-12,15H,6-9,13-14H2. The van der Waals surface area contributed by atoms with Crippen molar-refractivity contribution in [2.24, 2.45) is 0 Å². The number of benzene rings is 1. The number of nitrogens with zero attached hydrogens (tertiary/aromatic N) is 5. The summed E-state index contributed by atoms with van der Waals surface area (Å²) in [6, 6.07) is 11.6. The van der Waals surface area contributed by atoms with Crippen LogP contribution in [0.4, 0.5) is 0 Å². The van der Waals surface area contributed by atoms with E-state index in [9.17, 15) is 4.79 Å². The minimum absolute atomic E-state index is 0.00913. The molecule has 4 aromatic rings. The fourth-order valence-corrected chi connectivity index (χ4v) is 4.36. The Labute approximate surface area is 171 Å². The largest absolute Gasteiger partial charge is 0.444 e. The van der Waals surface area contributed by atoms with E-state index in [1.54, 1.807) is 22.9 Å². The molecule has 0 unspecified atom stereocenters. The molecular weight excluding hydrogens is 386 g/mol. The molecule has 148 valence electrons. The number of oxazole rings is 1. The van der Waals surface area contributed by atoms with Crippen LogP contribution in [-0.2, 0) is 13.1 Å². The third-order valence-electron chi connectivity index (χ3n) is 5.16. The average Bonchev–Trinajstić information content (AvgIpc) is 3.40. The maximum absolute atomic E-state index is 12.1. The number of piperazine rings is 1. The van der Waals surface area contributed by atoms with Crippen molar-refractivity contribution in [3.05, 3.63) is 76.0 Å². The zero-order valence-corrected chi connectivity index (χ0v) is 16.7. The molecule has 0 atom stereocenters. The maximum atomic E-state index is 12.1. The molecule has 0 radical (unpaired) electrons. The highest BCUT2D eigenvalue weighted by atomic mass is 32.1. The van der Waals surface area contributed by atoms with E-state index in [2.05, 4.69) is 19.8 Å². The van der Waals surface area contributed by atoms with Crippen molar-refractivity contribution in [3.63, 3.8) is 0 Å². The second-order valence-corrected chi connectivity index (χ2v) is 8.08. The van der Waals surface area contributed by atoms with Crippen molar-refractivity contribution < 1.29 is 4.42 Å². The van der Waals surface area contributed by atoms with Crippen molar-refractivity contribution in [2.75, 3.05) is 26.2 Å². The lowest BCUT2D eigenvalue weighted by Gasteiger charge is -2.33. The zero-order chi connectivity index (χ0) is 19.6. The molecule has 8 heteroatoms. The second-order valence-electron chi connectivity index (χ2n) is 7.20. The Hall–Kier alpha value is -2.81. The van der Waals surface area contributed by atoms with Crippen molar-refractivity contribution in [2.45, 2.75) is 13.1 Å². The van der Waals surface area contributed by atoms with Crippen molar-refractivity contribution in [1.82, 2.24) is 24.2 Å². The molecule has 1 saturated heterocycles. The minimum atomic E-state index is -0.00913. The van der Waals surface area contributed by atoms with Crippen LogP contribution in [0.1, 0.15) is 11.4 Å². The van der Waals surface area contributed by atoms with Gasteiger partial charge < -0.3 is 4.42 Å². The Morgan fingerprint density at radius 3 is 2.45 bits per heavy atom. The van der Waals surface area contributed by atoms with Crippen LogP contribution in [0.5, 0.6) is 0 Å². The highest BCUT2D eigenvalue weighted by Crippen LogP contribution is 2.19. The molecule has 1 aliphatic rings. The number of hydrogen-bond acceptors (Lipinski definition) is 7. The first-order valence-corrected chi connectivity index (χ1v) is 10.5. The van der Waals surface area contributed by atoms with Gasteiger partial charge in [0.15, 0.2) is 4.96 Å². The van der Waals surface area contributed by atoms with E-state index >= 15 is 0 Å². The highest BCUT2D eigenvalue weighted by molar-refractivity contribution is 7.15. The van der Waals surface area contributed by atoms with Gasteiger partial charge in [-0.1, -0.05) is 18.2 Å². The van der Waals surface area contributed by atoms with Gasteiger partial charge in [-0.15, -0.1) is 11.3 Å². The van der Waals surface area contributed by atoms with Crippen molar-refractivity contribution >= 4 is 16.3 Å². The summed E-state index contributed by atoms with van der Waals surface area (Å²) < 4.78 is 7.24. The SMILES string of the molecule is O=c1cc(CN2CCN(Cc3coc(-c4ccccc4)n3)CC2)nc2sccn12. The summed E-state index contributed by atoms with van der Waals surface area (Å²) in [5, 5.41) is 1.89. The first kappa shape index (κ1) is 18.2. The first-order chi connectivity index (χ1) is 14.2. The van der Waals surface area contributed by atoms with Crippen LogP contribution in [0.3, 0.4) is 0 Å². The summed E-state index contributed by atoms with van der Waals surface area (Å²) >= 11 is 1.49. The normalized spacial score (nSPS) is 15.9. The molecule has 0 spiro atoms. The summed E-state index contributed by atoms with van der Waals surface area (Å²) in [6.45, 7) is 5.27. The molecule has 0 saturated carbocycles. The average molecular weight is 407 g/mol. The molecule has 1 aliphatic heterocycles. The Balaban J connectivity index is 1.17. The van der Waals surface area contributed by atoms with Crippen LogP contribution >= 0.6 is 11.3 Å². The van der Waals surface area contributed by atoms with Crippen LogP contribution in [0, 0.1) is 0 Å². The van der Waals surface area contributed by atoms with Gasteiger partial charge in [0.25, 0.3) is 5.56 Å². The van der Waals surface area contributed by atoms with Crippen LogP contribution < -0.4 is 5.56 Å². The number of rotatable bonds is 5. The summed E-state index contributed by atoms with van der Waals surface area (Å²) in [5.74, 6) is 0.667. The minimum Gasteiger partial charge on any atom is -0.444 e. The van der Waals surface area contributed by atoms with Crippen LogP contribution in [0.2, 0.25) is 0 Å². The predicted octanol–water partition coefficient (Wildman–Crippen LogP) is 2.73. The molecule has 5 rings (SSSR count). The molecule has 0 amide bonds. The predicted molar refractivity (Wildman–Crippen MR) is 112 cm³/mol. The molecule has 4 heterocycles. The topological polar surface area (TPSA) is 66.9 Å². The van der Waals surface area contributed by atoms with E-state index in [4.69, 9.17) is 4.42 Å². The Bertz CT molecular complexity index is 1160. The van der Waals surface area contributed by atoms with Crippen molar-refractivity contribution in [1.29, 1.82) is 0 Å². The van der Waals surface area contributed by atoms with Gasteiger partial charge in [-0.05, 0) is 12.1 Å². The van der Waals surface area contributed by atoms with Crippen LogP contribution in [0.25, 0.3) is 16.4 Å². The zero-order valence-electron chi connectivity index (χ0n) is 15.9. The monoisotopic (exact) mass is 407 g/mol. The van der Waals surface area contributed by atoms with E-state index in [1.165, 1.54) is 11.3 Å². The Morgan fingerprint density at radius 2 is 1.69 bits per heavy atom. The molecular formula is C21H21N5O2S. The van der Waals surface area contributed by atoms with Crippen LogP contribution in [0.15, 0.2) is 63.4 Å². The molecule has 1 fully saturated rings. The van der Waals surface area contributed by atoms with E-state index in [0.29, 0.717) is 12.4 Å². The molecule has 7 nitrogen and oxygen atoms in total. The van der Waals surface area contributed by atoms with Gasteiger partial charge >= 0.3 is 0 Å². The van der Waals surface area contributed by atoms with Gasteiger partial charge in [-0.25, -0.2) is 9.97 Å². The van der Waals surface area contributed by atoms with Gasteiger partial charge in [-0.3, -0.25) is 19.0 Å². The third kappa shape index (κ3) is 4.00. The molecule has 3 aromatic heterocycles. The lowest BCUT2D eigenvalue weighted by atomic mass is 10.2. The van der Waals surface area contributed by atoms with Crippen LogP contribution in [-0.4, -0.2) is 50.3 Å². The lowest BCUT2D eigenvalue weighted by Crippen LogP contribution is -2.45. The summed E-state index contributed by atoms with van der Waals surface area (Å²) in [4.78, 5) is 26.9. The van der Waals surface area contributed by atoms with E-state index in [-0.39, 0.29) is 5.56 Å². The fraction of sp³-hybridized carbons (Fsp3) is 0.286. The molecule has 0 aliphatic carbocycles. The van der Waals surface area contributed by atoms with Crippen molar-refractivity contribution in [3.8, 4) is 11.5 Å². The Morgan fingerprint density at radius 1 is 0.966 bits per heavy atom. The van der Waals surface area contributed by atoms with Gasteiger partial charge in [0.05, 0.1) is 11.4 Å². The summed E-state index contributed by atoms with van der Waals surface area (Å²) in [7, 11) is 0. The quantitative estimate of drug-likeness (QED) is 0.507. The third-order valence-corrected chi connectivity index (χ3v) is 5.92. The van der Waals surface area contributed by atoms with Gasteiger partial charge in [0, 0.05) is 62.5 Å². The van der Waals surface area contributed by atoms with E-state index < -0.39 is 0 Å². The smallest absolute Gasteiger partial charge is 0.258 e. The van der Waals surface area contributed by atoms with E-state index in [0.717, 1.165) is 54.6 Å². The molecule has 0 N–H and O–H groups in total. The Kier molecular flexibility index (Phi) is 4.97. The van der Waals surface area contributed by atoms with Gasteiger partial charge in [0.1, 0.15) is 6.26 Å². The molecule has 29 heavy (non-hydrogen) atoms. The maximum Gasteiger partial charge on any atom is 0.258 e. The number of fused-ring (bicyclic) bond motifs is 1. The van der Waals surface area contributed by atoms with Gasteiger partial charge in [0.2, 0.25) is 5.89 Å². The lowest BCUT2D eigenvalue weighted by molar-refractivity contribution is 0.120. The fourth-order valence-electron chi connectivity index (χ4n) is 3.63. The first-order valence-electron chi connectivity index (χ1n) is 9.65. The highest BCUT2D eigenvalue weighted by Gasteiger charge is 2.19. The van der Waals surface area contributed by atoms with E-state index in [1.807, 2.05) is 35.7 Å². The number of hydrogen-bond donors (Lipinski definition) is 0. The summed E-state index contributed by atoms with van der Waals surface area (Å²) in [6.07, 6.45) is 3.52. The van der Waals surface area contributed by atoms with Gasteiger partial charge in [-0.2, -0.15) is 0 Å². The summed E-state index contributed by atoms with van der Waals surface area (Å²) in [5.41, 5.74) is 2.78. The molecule has 0 bridgehead atoms. The molecule has 1 aromatic carbocycles. The number of aromatic nitrogens is 3.